The fourth-order valence-electron chi connectivity index (χ4n) is 1.61. The summed E-state index contributed by atoms with van der Waals surface area (Å²) in [6.45, 7) is 0.869. The molecule has 0 amide bonds. The number of carbonyl (C=O) groups is 1. The van der Waals surface area contributed by atoms with E-state index in [1.54, 1.807) is 0 Å². The summed E-state index contributed by atoms with van der Waals surface area (Å²) in [6.07, 6.45) is -12.1. The van der Waals surface area contributed by atoms with E-state index in [0.29, 0.717) is 12.1 Å². The zero-order chi connectivity index (χ0) is 15.1. The van der Waals surface area contributed by atoms with E-state index in [1.165, 1.54) is 0 Å². The summed E-state index contributed by atoms with van der Waals surface area (Å²) in [5, 5.41) is 0. The molecule has 0 radical (unpaired) electrons. The summed E-state index contributed by atoms with van der Waals surface area (Å²) >= 11 is 0. The van der Waals surface area contributed by atoms with E-state index >= 15 is 0 Å². The minimum atomic E-state index is -6.15. The predicted octanol–water partition coefficient (Wildman–Crippen LogP) is 4.10. The van der Waals surface area contributed by atoms with Gasteiger partial charge in [0.15, 0.2) is 0 Å². The maximum atomic E-state index is 13.7. The van der Waals surface area contributed by atoms with E-state index in [1.807, 2.05) is 0 Å². The molecule has 0 bridgehead atoms. The molecule has 0 aliphatic carbocycles. The van der Waals surface area contributed by atoms with Gasteiger partial charge in [-0.25, -0.2) is 4.39 Å². The normalized spacial score (nSPS) is 13.5. The van der Waals surface area contributed by atoms with E-state index in [-0.39, 0.29) is 11.8 Å². The molecular weight excluding hydrogens is 281 g/mol. The predicted molar refractivity (Wildman–Crippen MR) is 51.5 cm³/mol. The molecule has 19 heavy (non-hydrogen) atoms. The van der Waals surface area contributed by atoms with Crippen molar-refractivity contribution in [1.29, 1.82) is 0 Å². The molecule has 0 saturated carbocycles. The van der Waals surface area contributed by atoms with Crippen LogP contribution in [0.3, 0.4) is 0 Å². The largest absolute Gasteiger partial charge is 0.435 e. The molecular formula is C11H7F7O. The van der Waals surface area contributed by atoms with Gasteiger partial charge >= 0.3 is 18.0 Å². The van der Waals surface area contributed by atoms with Gasteiger partial charge in [-0.15, -0.1) is 0 Å². The van der Waals surface area contributed by atoms with Crippen molar-refractivity contribution >= 4 is 6.29 Å². The van der Waals surface area contributed by atoms with Gasteiger partial charge in [0.25, 0.3) is 0 Å². The van der Waals surface area contributed by atoms with Gasteiger partial charge in [0.2, 0.25) is 0 Å². The number of benzene rings is 1. The molecule has 0 N–H and O–H groups in total. The lowest BCUT2D eigenvalue weighted by Crippen LogP contribution is -2.50. The molecule has 1 aromatic rings. The smallest absolute Gasteiger partial charge is 0.298 e. The first-order valence-corrected chi connectivity index (χ1v) is 4.84. The zero-order valence-corrected chi connectivity index (χ0v) is 9.36. The van der Waals surface area contributed by atoms with Crippen LogP contribution in [-0.4, -0.2) is 18.6 Å². The van der Waals surface area contributed by atoms with Crippen molar-refractivity contribution in [2.24, 2.45) is 0 Å². The van der Waals surface area contributed by atoms with Crippen LogP contribution in [-0.2, 0) is 5.67 Å². The summed E-state index contributed by atoms with van der Waals surface area (Å²) in [6, 6.07) is 1.77. The molecule has 0 fully saturated rings. The van der Waals surface area contributed by atoms with E-state index in [0.717, 1.165) is 13.0 Å². The molecule has 0 aliphatic heterocycles. The number of carbonyl (C=O) groups excluding carboxylic acids is 1. The quantitative estimate of drug-likeness (QED) is 0.591. The minimum absolute atomic E-state index is 0.145. The number of rotatable bonds is 2. The van der Waals surface area contributed by atoms with Crippen molar-refractivity contribution in [1.82, 2.24) is 0 Å². The highest BCUT2D eigenvalue weighted by atomic mass is 19.4. The number of aldehydes is 1. The van der Waals surface area contributed by atoms with Gasteiger partial charge in [0, 0.05) is 11.1 Å². The van der Waals surface area contributed by atoms with Gasteiger partial charge < -0.3 is 0 Å². The molecule has 0 saturated heterocycles. The highest BCUT2D eigenvalue weighted by Crippen LogP contribution is 2.53. The van der Waals surface area contributed by atoms with E-state index in [9.17, 15) is 35.5 Å². The Kier molecular flexibility index (Phi) is 3.66. The summed E-state index contributed by atoms with van der Waals surface area (Å²) in [5.74, 6) is 0. The standard InChI is InChI=1S/C11H7F7O/c1-6-4-7(5-19)2-3-8(6)9(12,10(13,14)15)11(16,17)18/h2-5H,1H3. The molecule has 0 atom stereocenters. The van der Waals surface area contributed by atoms with Crippen molar-refractivity contribution in [2.75, 3.05) is 0 Å². The van der Waals surface area contributed by atoms with Crippen LogP contribution in [0.25, 0.3) is 0 Å². The van der Waals surface area contributed by atoms with E-state index in [4.69, 9.17) is 0 Å². The molecule has 8 heteroatoms. The number of aryl methyl sites for hydroxylation is 1. The second kappa shape index (κ2) is 4.50. The van der Waals surface area contributed by atoms with Crippen LogP contribution in [0.4, 0.5) is 30.7 Å². The Bertz CT molecular complexity index is 473. The van der Waals surface area contributed by atoms with E-state index in [2.05, 4.69) is 0 Å². The van der Waals surface area contributed by atoms with Gasteiger partial charge in [0.1, 0.15) is 6.29 Å². The third kappa shape index (κ3) is 2.43. The van der Waals surface area contributed by atoms with Gasteiger partial charge in [-0.3, -0.25) is 4.79 Å². The molecule has 0 aliphatic rings. The fraction of sp³-hybridized carbons (Fsp3) is 0.364. The SMILES string of the molecule is Cc1cc(C=O)ccc1C(F)(C(F)(F)F)C(F)(F)F. The van der Waals surface area contributed by atoms with E-state index < -0.39 is 29.1 Å². The number of alkyl halides is 7. The Hall–Kier alpha value is -1.60. The Morgan fingerprint density at radius 3 is 1.74 bits per heavy atom. The Morgan fingerprint density at radius 1 is 0.947 bits per heavy atom. The third-order valence-corrected chi connectivity index (χ3v) is 2.54. The topological polar surface area (TPSA) is 17.1 Å². The van der Waals surface area contributed by atoms with Crippen molar-refractivity contribution in [3.63, 3.8) is 0 Å². The van der Waals surface area contributed by atoms with Gasteiger partial charge in [-0.2, -0.15) is 26.3 Å². The zero-order valence-electron chi connectivity index (χ0n) is 9.36. The number of hydrogen-bond donors (Lipinski definition) is 0. The number of halogens is 7. The average molecular weight is 288 g/mol. The second-order valence-corrected chi connectivity index (χ2v) is 3.85. The van der Waals surface area contributed by atoms with Crippen LogP contribution in [0.1, 0.15) is 21.5 Å². The summed E-state index contributed by atoms with van der Waals surface area (Å²) in [7, 11) is 0. The van der Waals surface area contributed by atoms with Crippen molar-refractivity contribution in [3.8, 4) is 0 Å². The molecule has 0 aromatic heterocycles. The van der Waals surface area contributed by atoms with Crippen LogP contribution in [0.2, 0.25) is 0 Å². The summed E-state index contributed by atoms with van der Waals surface area (Å²) < 4.78 is 88.6. The number of hydrogen-bond acceptors (Lipinski definition) is 1. The first-order valence-electron chi connectivity index (χ1n) is 4.84. The average Bonchev–Trinajstić information content (AvgIpc) is 2.24. The molecule has 0 heterocycles. The highest BCUT2D eigenvalue weighted by molar-refractivity contribution is 5.75. The minimum Gasteiger partial charge on any atom is -0.298 e. The molecule has 1 nitrogen and oxygen atoms in total. The van der Waals surface area contributed by atoms with Crippen LogP contribution >= 0.6 is 0 Å². The third-order valence-electron chi connectivity index (χ3n) is 2.54. The summed E-state index contributed by atoms with van der Waals surface area (Å²) in [5.41, 5.74) is -7.79. The molecule has 106 valence electrons. The Morgan fingerprint density at radius 2 is 1.42 bits per heavy atom. The molecule has 0 spiro atoms. The Labute approximate surface area is 103 Å². The van der Waals surface area contributed by atoms with Crippen LogP contribution in [0.15, 0.2) is 18.2 Å². The highest BCUT2D eigenvalue weighted by Gasteiger charge is 2.73. The van der Waals surface area contributed by atoms with Crippen LogP contribution in [0.5, 0.6) is 0 Å². The van der Waals surface area contributed by atoms with Crippen molar-refractivity contribution in [2.45, 2.75) is 24.9 Å². The molecule has 0 unspecified atom stereocenters. The first-order chi connectivity index (χ1) is 8.45. The van der Waals surface area contributed by atoms with Crippen molar-refractivity contribution in [3.05, 3.63) is 34.9 Å². The summed E-state index contributed by atoms with van der Waals surface area (Å²) in [4.78, 5) is 10.4. The lowest BCUT2D eigenvalue weighted by Gasteiger charge is -2.31. The van der Waals surface area contributed by atoms with Crippen molar-refractivity contribution < 1.29 is 35.5 Å². The Balaban J connectivity index is 3.57. The monoisotopic (exact) mass is 288 g/mol. The van der Waals surface area contributed by atoms with Gasteiger partial charge in [-0.05, 0) is 18.6 Å². The molecule has 1 rings (SSSR count). The second-order valence-electron chi connectivity index (χ2n) is 3.85. The van der Waals surface area contributed by atoms with Crippen LogP contribution in [0, 0.1) is 6.92 Å². The lowest BCUT2D eigenvalue weighted by atomic mass is 9.89. The molecule has 1 aromatic carbocycles. The maximum absolute atomic E-state index is 13.7. The van der Waals surface area contributed by atoms with Crippen LogP contribution < -0.4 is 0 Å². The maximum Gasteiger partial charge on any atom is 0.435 e. The fourth-order valence-corrected chi connectivity index (χ4v) is 1.61. The lowest BCUT2D eigenvalue weighted by molar-refractivity contribution is -0.348. The van der Waals surface area contributed by atoms with Gasteiger partial charge in [-0.1, -0.05) is 12.1 Å². The van der Waals surface area contributed by atoms with Gasteiger partial charge in [0.05, 0.1) is 0 Å². The first kappa shape index (κ1) is 15.5.